The lowest BCUT2D eigenvalue weighted by atomic mass is 9.95. The first-order valence-corrected chi connectivity index (χ1v) is 38.7. The highest BCUT2D eigenvalue weighted by atomic mass is 16.3. The quantitative estimate of drug-likeness (QED) is 0.0588. The summed E-state index contributed by atoms with van der Waals surface area (Å²) in [4.78, 5) is 177. The van der Waals surface area contributed by atoms with E-state index in [-0.39, 0.29) is 95.6 Å². The molecule has 27 heteroatoms. The Kier molecular flexibility index (Phi) is 25.2. The molecule has 0 radical (unpaired) electrons. The lowest BCUT2D eigenvalue weighted by Gasteiger charge is -2.29. The fourth-order valence-electron chi connectivity index (χ4n) is 19.9. The zero-order valence-corrected chi connectivity index (χ0v) is 58.7. The van der Waals surface area contributed by atoms with Crippen LogP contribution in [0, 0.1) is 65.1 Å². The number of aliphatic hydroxyl groups excluding tert-OH is 1. The summed E-state index contributed by atoms with van der Waals surface area (Å²) in [6, 6.07) is -5.33. The number of nitrogens with two attached hydrogens (primary N) is 1. The number of primary amides is 1. The van der Waals surface area contributed by atoms with Gasteiger partial charge in [-0.15, -0.1) is 0 Å². The second-order valence-electron chi connectivity index (χ2n) is 31.9. The second-order valence-corrected chi connectivity index (χ2v) is 31.9. The van der Waals surface area contributed by atoms with E-state index in [1.54, 1.807) is 0 Å². The smallest absolute Gasteiger partial charge is 0.225 e. The molecule has 11 fully saturated rings. The number of hydrogen-bond donors (Lipinski definition) is 14. The molecule has 13 amide bonds. The first-order chi connectivity index (χ1) is 48.1. The van der Waals surface area contributed by atoms with Crippen LogP contribution in [0.15, 0.2) is 0 Å². The van der Waals surface area contributed by atoms with Crippen molar-refractivity contribution in [2.24, 2.45) is 70.8 Å². The number of aliphatic hydroxyl groups is 1. The predicted octanol–water partition coefficient (Wildman–Crippen LogP) is 1.88. The zero-order chi connectivity index (χ0) is 70.9. The van der Waals surface area contributed by atoms with Crippen molar-refractivity contribution < 1.29 is 67.4 Å². The molecule has 0 heterocycles. The molecule has 0 saturated heterocycles. The standard InChI is InChI=1S/C73H113N13O14/c1-37(87)61(86-73(100)49-24-13-35-60(49)85-72(99)48-23-12-34-59(48)84-71(98)46-21-10-32-57(46)81-67(94)43-18-7-29-54(43)78-64(91)40-15-4-26-51(40)75-38(2)88)36-62(89)76-52-27-5-16-41(52)65(92)79-55-30-8-19-44(55)68(95)82-58-33-11-22-47(58)70(97)83-56-31-9-20-45(56)69(96)80-53-28-6-17-42(53)66(93)77-50-25-3-14-39(50)63(74)90/h37,39-61,87H,3-36H2,1-2H3,(H2,74,90)(H,75,88)(H,76,89)(H,77,93)(H,78,91)(H,79,92)(H,80,96)(H,81,94)(H,82,95)(H,83,97)(H,84,98)(H,85,99)(H,86,100)/t37-,39-,40-,41-,42-,43-,44-,45-,46-,47-,48-,49-,50-,51-,52-,53-,54-,55-,56-,57-,58-,59-,60-,61+/m0/s1. The summed E-state index contributed by atoms with van der Waals surface area (Å²) < 4.78 is 0. The molecule has 15 N–H and O–H groups in total. The lowest BCUT2D eigenvalue weighted by Crippen LogP contribution is -2.54. The molecule has 0 spiro atoms. The summed E-state index contributed by atoms with van der Waals surface area (Å²) in [5.74, 6) is -8.60. The molecule has 0 aliphatic heterocycles. The van der Waals surface area contributed by atoms with Crippen molar-refractivity contribution in [3.8, 4) is 0 Å². The third-order valence-electron chi connectivity index (χ3n) is 25.4. The fraction of sp³-hybridized carbons (Fsp3) is 0.822. The van der Waals surface area contributed by atoms with Crippen LogP contribution in [-0.2, 0) is 62.3 Å². The normalized spacial score (nSPS) is 36.5. The van der Waals surface area contributed by atoms with Crippen LogP contribution in [-0.4, -0.2) is 161 Å². The van der Waals surface area contributed by atoms with E-state index >= 15 is 0 Å². The van der Waals surface area contributed by atoms with Crippen LogP contribution >= 0.6 is 0 Å². The third-order valence-corrected chi connectivity index (χ3v) is 25.4. The highest BCUT2D eigenvalue weighted by Crippen LogP contribution is 2.38. The molecule has 0 aromatic carbocycles. The van der Waals surface area contributed by atoms with Gasteiger partial charge >= 0.3 is 0 Å². The first-order valence-electron chi connectivity index (χ1n) is 38.7. The minimum atomic E-state index is -1.12. The van der Waals surface area contributed by atoms with Crippen molar-refractivity contribution in [1.82, 2.24) is 63.8 Å². The fourth-order valence-corrected chi connectivity index (χ4v) is 19.9. The van der Waals surface area contributed by atoms with Crippen LogP contribution in [0.25, 0.3) is 0 Å². The van der Waals surface area contributed by atoms with Crippen molar-refractivity contribution in [3.63, 3.8) is 0 Å². The number of nitrogens with one attached hydrogen (secondary N) is 12. The third kappa shape index (κ3) is 17.9. The number of amides is 13. The van der Waals surface area contributed by atoms with E-state index in [0.717, 1.165) is 51.4 Å². The van der Waals surface area contributed by atoms with Crippen LogP contribution in [0.3, 0.4) is 0 Å². The molecule has 100 heavy (non-hydrogen) atoms. The predicted molar refractivity (Wildman–Crippen MR) is 365 cm³/mol. The maximum Gasteiger partial charge on any atom is 0.225 e. The monoisotopic (exact) mass is 1400 g/mol. The Labute approximate surface area is 587 Å². The molecule has 0 unspecified atom stereocenters. The summed E-state index contributed by atoms with van der Waals surface area (Å²) in [6.07, 6.45) is 20.1. The zero-order valence-electron chi connectivity index (χ0n) is 58.7. The van der Waals surface area contributed by atoms with Crippen LogP contribution in [0.2, 0.25) is 0 Å². The molecular formula is C73H113N13O14. The molecule has 11 rings (SSSR count). The Morgan fingerprint density at radius 1 is 0.280 bits per heavy atom. The largest absolute Gasteiger partial charge is 0.391 e. The van der Waals surface area contributed by atoms with Crippen LogP contribution in [0.4, 0.5) is 0 Å². The van der Waals surface area contributed by atoms with Gasteiger partial charge < -0.3 is 74.6 Å². The minimum absolute atomic E-state index is 0.142. The molecule has 0 bridgehead atoms. The number of hydrogen-bond acceptors (Lipinski definition) is 14. The number of carbonyl (C=O) groups excluding carboxylic acids is 13. The molecule has 0 aromatic rings. The van der Waals surface area contributed by atoms with Crippen LogP contribution in [0.5, 0.6) is 0 Å². The molecule has 554 valence electrons. The summed E-state index contributed by atoms with van der Waals surface area (Å²) in [5, 5.41) is 48.1. The molecular weight excluding hydrogens is 1280 g/mol. The van der Waals surface area contributed by atoms with E-state index in [4.69, 9.17) is 5.73 Å². The van der Waals surface area contributed by atoms with E-state index < -0.39 is 131 Å². The minimum Gasteiger partial charge on any atom is -0.391 e. The van der Waals surface area contributed by atoms with Gasteiger partial charge in [-0.2, -0.15) is 0 Å². The maximum atomic E-state index is 14.1. The highest BCUT2D eigenvalue weighted by molar-refractivity contribution is 5.90. The maximum absolute atomic E-state index is 14.1. The van der Waals surface area contributed by atoms with E-state index in [1.807, 2.05) is 0 Å². The average Bonchev–Trinajstić information content (AvgIpc) is 1.67. The summed E-state index contributed by atoms with van der Waals surface area (Å²) in [7, 11) is 0. The van der Waals surface area contributed by atoms with Crippen LogP contribution < -0.4 is 69.5 Å². The van der Waals surface area contributed by atoms with Gasteiger partial charge in [0.05, 0.1) is 77.2 Å². The topological polar surface area (TPSA) is 413 Å². The Morgan fingerprint density at radius 2 is 0.460 bits per heavy atom. The van der Waals surface area contributed by atoms with E-state index in [0.29, 0.717) is 161 Å². The van der Waals surface area contributed by atoms with E-state index in [2.05, 4.69) is 63.8 Å². The van der Waals surface area contributed by atoms with Gasteiger partial charge in [-0.3, -0.25) is 62.3 Å². The van der Waals surface area contributed by atoms with Gasteiger partial charge in [0.15, 0.2) is 0 Å². The second kappa shape index (κ2) is 33.9. The van der Waals surface area contributed by atoms with Gasteiger partial charge in [0.2, 0.25) is 76.8 Å². The number of rotatable bonds is 26. The summed E-state index contributed by atoms with van der Waals surface area (Å²) in [5.41, 5.74) is 5.61. The SMILES string of the molecule is CC(=O)N[C@H]1CCC[C@@H]1C(=O)N[C@H]1CCC[C@@H]1C(=O)N[C@H]1CCC[C@@H]1C(=O)N[C@H]1CCC[C@@H]1C(=O)N[C@H]1CCC[C@@H]1C(=O)N[C@H](CC(=O)N[C@H]1CCC[C@@H]1C(=O)N[C@H]1CCC[C@@H]1C(=O)N[C@H]1CCC[C@@H]1C(=O)N[C@H]1CCC[C@@H]1C(=O)N[C@H]1CCC[C@@H]1C(=O)N[C@H]1CCC[C@@H]1C(N)=O)[C@H](C)O. The molecule has 24 atom stereocenters. The highest BCUT2D eigenvalue weighted by Gasteiger charge is 2.48. The van der Waals surface area contributed by atoms with Gasteiger partial charge in [0.25, 0.3) is 0 Å². The molecule has 27 nitrogen and oxygen atoms in total. The van der Waals surface area contributed by atoms with Crippen LogP contribution in [0.1, 0.15) is 232 Å². The van der Waals surface area contributed by atoms with Crippen molar-refractivity contribution in [2.45, 2.75) is 311 Å². The molecule has 11 saturated carbocycles. The Hall–Kier alpha value is -6.93. The van der Waals surface area contributed by atoms with Crippen molar-refractivity contribution >= 4 is 76.8 Å². The average molecular weight is 1400 g/mol. The van der Waals surface area contributed by atoms with Crippen molar-refractivity contribution in [3.05, 3.63) is 0 Å². The van der Waals surface area contributed by atoms with Gasteiger partial charge in [-0.25, -0.2) is 0 Å². The van der Waals surface area contributed by atoms with E-state index in [9.17, 15) is 67.4 Å². The summed E-state index contributed by atoms with van der Waals surface area (Å²) in [6.45, 7) is 2.94. The Morgan fingerprint density at radius 3 is 0.660 bits per heavy atom. The summed E-state index contributed by atoms with van der Waals surface area (Å²) >= 11 is 0. The van der Waals surface area contributed by atoms with E-state index in [1.165, 1.54) is 13.8 Å². The van der Waals surface area contributed by atoms with Crippen molar-refractivity contribution in [2.75, 3.05) is 0 Å². The van der Waals surface area contributed by atoms with Gasteiger partial charge in [0.1, 0.15) is 0 Å². The Bertz CT molecular complexity index is 3040. The molecule has 11 aliphatic carbocycles. The Balaban J connectivity index is 0.601. The molecule has 0 aromatic heterocycles. The molecule has 11 aliphatic rings. The van der Waals surface area contributed by atoms with Gasteiger partial charge in [-0.1, -0.05) is 70.6 Å². The van der Waals surface area contributed by atoms with Gasteiger partial charge in [-0.05, 0) is 148 Å². The van der Waals surface area contributed by atoms with Crippen molar-refractivity contribution in [1.29, 1.82) is 0 Å². The lowest BCUT2D eigenvalue weighted by molar-refractivity contribution is -0.133. The number of carbonyl (C=O) groups is 13. The first kappa shape index (κ1) is 74.3. The van der Waals surface area contributed by atoms with Gasteiger partial charge in [0, 0.05) is 79.8 Å².